The van der Waals surface area contributed by atoms with Crippen molar-refractivity contribution in [3.05, 3.63) is 11.6 Å². The summed E-state index contributed by atoms with van der Waals surface area (Å²) in [5.74, 6) is 1.68. The fraction of sp³-hybridized carbons (Fsp3) is 0.857. The van der Waals surface area contributed by atoms with Crippen LogP contribution in [0.4, 0.5) is 0 Å². The molecule has 8 atom stereocenters. The standard InChI is InChI=1S/C21H33NO3/c1-12(23)22-19-18(25)11-17-15-5-4-13-10-14(24)6-8-20(13,2)16(15)7-9-21(17,19)3/h4,14-19,24-25H,5-11H2,1-3H3,(H,22,23)/t14-,15-,16+,17-,18+,19+,20-,21-/m0/s1. The van der Waals surface area contributed by atoms with Crippen molar-refractivity contribution < 1.29 is 15.0 Å². The second-order valence-electron chi connectivity index (χ2n) is 9.68. The highest BCUT2D eigenvalue weighted by Gasteiger charge is 2.61. The largest absolute Gasteiger partial charge is 0.393 e. The van der Waals surface area contributed by atoms with Crippen LogP contribution in [-0.2, 0) is 4.79 Å². The van der Waals surface area contributed by atoms with Crippen LogP contribution in [0, 0.1) is 28.6 Å². The zero-order valence-electron chi connectivity index (χ0n) is 15.8. The van der Waals surface area contributed by atoms with Crippen LogP contribution >= 0.6 is 0 Å². The summed E-state index contributed by atoms with van der Waals surface area (Å²) in [6, 6.07) is -0.109. The maximum absolute atomic E-state index is 11.7. The molecule has 0 aromatic heterocycles. The Bertz CT molecular complexity index is 602. The molecule has 140 valence electrons. The van der Waals surface area contributed by atoms with Crippen LogP contribution in [0.5, 0.6) is 0 Å². The smallest absolute Gasteiger partial charge is 0.217 e. The minimum atomic E-state index is -0.427. The number of amides is 1. The lowest BCUT2D eigenvalue weighted by Gasteiger charge is -2.57. The maximum atomic E-state index is 11.7. The molecule has 25 heavy (non-hydrogen) atoms. The molecule has 4 rings (SSSR count). The molecular weight excluding hydrogens is 314 g/mol. The van der Waals surface area contributed by atoms with Crippen molar-refractivity contribution in [1.82, 2.24) is 5.32 Å². The van der Waals surface area contributed by atoms with Gasteiger partial charge in [0.05, 0.1) is 18.2 Å². The van der Waals surface area contributed by atoms with E-state index >= 15 is 0 Å². The molecule has 0 unspecified atom stereocenters. The predicted octanol–water partition coefficient (Wildman–Crippen LogP) is 2.79. The molecule has 4 nitrogen and oxygen atoms in total. The van der Waals surface area contributed by atoms with E-state index < -0.39 is 6.10 Å². The molecule has 4 heteroatoms. The number of aliphatic hydroxyl groups excluding tert-OH is 2. The molecule has 1 amide bonds. The lowest BCUT2D eigenvalue weighted by molar-refractivity contribution is -0.122. The second-order valence-corrected chi connectivity index (χ2v) is 9.68. The predicted molar refractivity (Wildman–Crippen MR) is 96.7 cm³/mol. The van der Waals surface area contributed by atoms with Gasteiger partial charge in [0.1, 0.15) is 0 Å². The van der Waals surface area contributed by atoms with Crippen molar-refractivity contribution in [2.75, 3.05) is 0 Å². The highest BCUT2D eigenvalue weighted by atomic mass is 16.3. The summed E-state index contributed by atoms with van der Waals surface area (Å²) in [6.45, 7) is 6.26. The van der Waals surface area contributed by atoms with Crippen LogP contribution in [0.2, 0.25) is 0 Å². The highest BCUT2D eigenvalue weighted by molar-refractivity contribution is 5.73. The molecule has 0 radical (unpaired) electrons. The van der Waals surface area contributed by atoms with E-state index in [1.54, 1.807) is 6.92 Å². The first-order valence-corrected chi connectivity index (χ1v) is 10.1. The fourth-order valence-electron chi connectivity index (χ4n) is 7.14. The zero-order chi connectivity index (χ0) is 18.0. The van der Waals surface area contributed by atoms with Crippen LogP contribution < -0.4 is 5.32 Å². The number of rotatable bonds is 1. The van der Waals surface area contributed by atoms with E-state index in [2.05, 4.69) is 25.2 Å². The fourth-order valence-corrected chi connectivity index (χ4v) is 7.14. The molecule has 3 N–H and O–H groups in total. The molecule has 4 aliphatic carbocycles. The Morgan fingerprint density at radius 1 is 1.20 bits per heavy atom. The maximum Gasteiger partial charge on any atom is 0.217 e. The van der Waals surface area contributed by atoms with Gasteiger partial charge in [0.25, 0.3) is 0 Å². The molecule has 4 aliphatic rings. The van der Waals surface area contributed by atoms with Crippen molar-refractivity contribution >= 4 is 5.91 Å². The van der Waals surface area contributed by atoms with Crippen molar-refractivity contribution in [3.8, 4) is 0 Å². The number of nitrogens with one attached hydrogen (secondary N) is 1. The zero-order valence-corrected chi connectivity index (χ0v) is 15.8. The number of hydrogen-bond donors (Lipinski definition) is 3. The van der Waals surface area contributed by atoms with Gasteiger partial charge in [-0.1, -0.05) is 25.5 Å². The third kappa shape index (κ3) is 2.51. The summed E-state index contributed by atoms with van der Waals surface area (Å²) in [6.07, 6.45) is 8.79. The van der Waals surface area contributed by atoms with Gasteiger partial charge in [0.2, 0.25) is 5.91 Å². The minimum Gasteiger partial charge on any atom is -0.393 e. The van der Waals surface area contributed by atoms with Crippen LogP contribution in [-0.4, -0.2) is 34.4 Å². The molecule has 0 spiro atoms. The molecule has 0 heterocycles. The molecule has 0 bridgehead atoms. The Labute approximate surface area is 151 Å². The van der Waals surface area contributed by atoms with Crippen molar-refractivity contribution in [2.24, 2.45) is 28.6 Å². The van der Waals surface area contributed by atoms with Crippen LogP contribution in [0.15, 0.2) is 11.6 Å². The van der Waals surface area contributed by atoms with E-state index in [1.165, 1.54) is 12.0 Å². The van der Waals surface area contributed by atoms with Crippen LogP contribution in [0.25, 0.3) is 0 Å². The van der Waals surface area contributed by atoms with Crippen molar-refractivity contribution in [2.45, 2.75) is 84.0 Å². The van der Waals surface area contributed by atoms with Crippen LogP contribution in [0.3, 0.4) is 0 Å². The highest BCUT2D eigenvalue weighted by Crippen LogP contribution is 2.64. The monoisotopic (exact) mass is 347 g/mol. The van der Waals surface area contributed by atoms with E-state index in [1.807, 2.05) is 0 Å². The average molecular weight is 347 g/mol. The summed E-state index contributed by atoms with van der Waals surface area (Å²) in [4.78, 5) is 11.7. The number of carbonyl (C=O) groups excluding carboxylic acids is 1. The van der Waals surface area contributed by atoms with E-state index in [4.69, 9.17) is 0 Å². The summed E-state index contributed by atoms with van der Waals surface area (Å²) in [5.41, 5.74) is 1.70. The number of carbonyl (C=O) groups is 1. The SMILES string of the molecule is CC(=O)N[C@@H]1[C@H](O)C[C@H]2[C@H]3CC=C4C[C@@H](O)CC[C@]4(C)[C@@H]3CC[C@]12C. The summed E-state index contributed by atoms with van der Waals surface area (Å²) in [7, 11) is 0. The van der Waals surface area contributed by atoms with Crippen LogP contribution in [0.1, 0.15) is 65.7 Å². The Morgan fingerprint density at radius 2 is 1.96 bits per heavy atom. The number of allylic oxidation sites excluding steroid dienone is 1. The van der Waals surface area contributed by atoms with Gasteiger partial charge in [-0.3, -0.25) is 4.79 Å². The topological polar surface area (TPSA) is 69.6 Å². The van der Waals surface area contributed by atoms with Gasteiger partial charge in [-0.05, 0) is 73.5 Å². The first kappa shape index (κ1) is 17.5. The van der Waals surface area contributed by atoms with Crippen molar-refractivity contribution in [3.63, 3.8) is 0 Å². The third-order valence-electron chi connectivity index (χ3n) is 8.46. The Kier molecular flexibility index (Phi) is 4.08. The van der Waals surface area contributed by atoms with Gasteiger partial charge in [-0.2, -0.15) is 0 Å². The van der Waals surface area contributed by atoms with Gasteiger partial charge >= 0.3 is 0 Å². The van der Waals surface area contributed by atoms with Gasteiger partial charge < -0.3 is 15.5 Å². The van der Waals surface area contributed by atoms with Crippen molar-refractivity contribution in [1.29, 1.82) is 0 Å². The lowest BCUT2D eigenvalue weighted by atomic mass is 9.48. The van der Waals surface area contributed by atoms with Gasteiger partial charge in [0.15, 0.2) is 0 Å². The Morgan fingerprint density at radius 3 is 2.68 bits per heavy atom. The Hall–Kier alpha value is -0.870. The molecule has 0 aromatic carbocycles. The molecule has 3 fully saturated rings. The number of hydrogen-bond acceptors (Lipinski definition) is 3. The second kappa shape index (κ2) is 5.82. The molecular formula is C21H33NO3. The Balaban J connectivity index is 1.64. The normalized spacial score (nSPS) is 51.8. The van der Waals surface area contributed by atoms with Gasteiger partial charge in [-0.15, -0.1) is 0 Å². The molecule has 0 saturated heterocycles. The lowest BCUT2D eigenvalue weighted by Crippen LogP contribution is -2.55. The van der Waals surface area contributed by atoms with E-state index in [9.17, 15) is 15.0 Å². The summed E-state index contributed by atoms with van der Waals surface area (Å²) < 4.78 is 0. The summed E-state index contributed by atoms with van der Waals surface area (Å²) >= 11 is 0. The van der Waals surface area contributed by atoms with E-state index in [-0.39, 0.29) is 28.9 Å². The summed E-state index contributed by atoms with van der Waals surface area (Å²) in [5, 5.41) is 23.8. The van der Waals surface area contributed by atoms with Gasteiger partial charge in [0, 0.05) is 6.92 Å². The first-order chi connectivity index (χ1) is 11.8. The number of aliphatic hydroxyl groups is 2. The molecule has 0 aromatic rings. The third-order valence-corrected chi connectivity index (χ3v) is 8.46. The molecule has 3 saturated carbocycles. The van der Waals surface area contributed by atoms with Gasteiger partial charge in [-0.25, -0.2) is 0 Å². The quantitative estimate of drug-likeness (QED) is 0.639. The van der Waals surface area contributed by atoms with E-state index in [0.717, 1.165) is 38.5 Å². The first-order valence-electron chi connectivity index (χ1n) is 10.1. The molecule has 0 aliphatic heterocycles. The van der Waals surface area contributed by atoms with E-state index in [0.29, 0.717) is 17.8 Å². The minimum absolute atomic E-state index is 0.00212. The average Bonchev–Trinajstić information content (AvgIpc) is 2.79. The number of fused-ring (bicyclic) bond motifs is 5.